The van der Waals surface area contributed by atoms with Crippen LogP contribution in [0.3, 0.4) is 0 Å². The molecule has 3 rings (SSSR count). The van der Waals surface area contributed by atoms with E-state index in [0.717, 1.165) is 51.6 Å². The maximum Gasteiger partial charge on any atom is 0.355 e. The standard InChI is InChI=1S/C17H23N3O4S/c21-15(18-9-14-19-13(10-25-14)17(23)24)11-5-1-2-6-12(11)16(22)20-7-3-4-8-20/h10-12H,1-9H2,(H,18,21)(H,23,24). The highest BCUT2D eigenvalue weighted by molar-refractivity contribution is 7.09. The van der Waals surface area contributed by atoms with E-state index < -0.39 is 5.97 Å². The van der Waals surface area contributed by atoms with Crippen molar-refractivity contribution in [3.05, 3.63) is 16.1 Å². The maximum atomic E-state index is 12.7. The number of aromatic nitrogens is 1. The van der Waals surface area contributed by atoms with Crippen LogP contribution in [0.25, 0.3) is 0 Å². The Bertz CT molecular complexity index is 654. The molecule has 7 nitrogen and oxygen atoms in total. The highest BCUT2D eigenvalue weighted by atomic mass is 32.1. The van der Waals surface area contributed by atoms with Crippen molar-refractivity contribution < 1.29 is 19.5 Å². The highest BCUT2D eigenvalue weighted by Crippen LogP contribution is 2.32. The van der Waals surface area contributed by atoms with Crippen LogP contribution in [0, 0.1) is 11.8 Å². The van der Waals surface area contributed by atoms with Gasteiger partial charge >= 0.3 is 5.97 Å². The van der Waals surface area contributed by atoms with Crippen molar-refractivity contribution in [3.8, 4) is 0 Å². The van der Waals surface area contributed by atoms with Crippen molar-refractivity contribution in [1.82, 2.24) is 15.2 Å². The van der Waals surface area contributed by atoms with Gasteiger partial charge in [-0.1, -0.05) is 12.8 Å². The van der Waals surface area contributed by atoms with Gasteiger partial charge in [-0.3, -0.25) is 9.59 Å². The lowest BCUT2D eigenvalue weighted by molar-refractivity contribution is -0.142. The predicted molar refractivity (Wildman–Crippen MR) is 92.2 cm³/mol. The Kier molecular flexibility index (Phi) is 5.67. The van der Waals surface area contributed by atoms with Crippen LogP contribution < -0.4 is 5.32 Å². The molecule has 1 aromatic rings. The van der Waals surface area contributed by atoms with Gasteiger partial charge in [0.1, 0.15) is 5.01 Å². The van der Waals surface area contributed by atoms with Gasteiger partial charge < -0.3 is 15.3 Å². The Labute approximate surface area is 150 Å². The Balaban J connectivity index is 1.59. The second-order valence-corrected chi connectivity index (χ2v) is 7.62. The average molecular weight is 365 g/mol. The first-order valence-corrected chi connectivity index (χ1v) is 9.68. The van der Waals surface area contributed by atoms with Crippen LogP contribution in [0.5, 0.6) is 0 Å². The van der Waals surface area contributed by atoms with E-state index in [-0.39, 0.29) is 35.9 Å². The molecule has 1 aliphatic carbocycles. The molecule has 25 heavy (non-hydrogen) atoms. The van der Waals surface area contributed by atoms with Crippen LogP contribution in [0.1, 0.15) is 54.0 Å². The number of thiazole rings is 1. The van der Waals surface area contributed by atoms with Crippen molar-refractivity contribution >= 4 is 29.1 Å². The molecule has 136 valence electrons. The van der Waals surface area contributed by atoms with E-state index in [4.69, 9.17) is 5.11 Å². The molecular weight excluding hydrogens is 342 g/mol. The van der Waals surface area contributed by atoms with E-state index in [1.807, 2.05) is 4.90 Å². The molecule has 0 aromatic carbocycles. The fourth-order valence-electron chi connectivity index (χ4n) is 3.70. The third-order valence-corrected chi connectivity index (χ3v) is 5.87. The molecule has 1 saturated heterocycles. The molecule has 2 amide bonds. The van der Waals surface area contributed by atoms with Crippen molar-refractivity contribution in [1.29, 1.82) is 0 Å². The molecule has 1 aromatic heterocycles. The number of nitrogens with zero attached hydrogens (tertiary/aromatic N) is 2. The first-order chi connectivity index (χ1) is 12.1. The van der Waals surface area contributed by atoms with Gasteiger partial charge in [0.25, 0.3) is 0 Å². The predicted octanol–water partition coefficient (Wildman–Crippen LogP) is 1.89. The zero-order valence-electron chi connectivity index (χ0n) is 14.1. The zero-order valence-corrected chi connectivity index (χ0v) is 14.9. The summed E-state index contributed by atoms with van der Waals surface area (Å²) >= 11 is 1.21. The molecule has 1 aliphatic heterocycles. The van der Waals surface area contributed by atoms with E-state index in [1.54, 1.807) is 0 Å². The minimum Gasteiger partial charge on any atom is -0.476 e. The van der Waals surface area contributed by atoms with Gasteiger partial charge in [-0.2, -0.15) is 0 Å². The van der Waals surface area contributed by atoms with E-state index in [1.165, 1.54) is 16.7 Å². The van der Waals surface area contributed by atoms with Crippen molar-refractivity contribution in [2.75, 3.05) is 13.1 Å². The number of carbonyl (C=O) groups excluding carboxylic acids is 2. The van der Waals surface area contributed by atoms with Gasteiger partial charge in [0, 0.05) is 30.3 Å². The third-order valence-electron chi connectivity index (χ3n) is 5.02. The first-order valence-electron chi connectivity index (χ1n) is 8.80. The number of amides is 2. The summed E-state index contributed by atoms with van der Waals surface area (Å²) in [5.74, 6) is -1.58. The summed E-state index contributed by atoms with van der Waals surface area (Å²) in [4.78, 5) is 42.1. The van der Waals surface area contributed by atoms with Crippen molar-refractivity contribution in [3.63, 3.8) is 0 Å². The van der Waals surface area contributed by atoms with Gasteiger partial charge in [0.05, 0.1) is 6.54 Å². The molecule has 2 atom stereocenters. The monoisotopic (exact) mass is 365 g/mol. The fourth-order valence-corrected chi connectivity index (χ4v) is 4.40. The minimum atomic E-state index is -1.07. The number of hydrogen-bond donors (Lipinski definition) is 2. The van der Waals surface area contributed by atoms with Crippen LogP contribution in [0.4, 0.5) is 0 Å². The molecule has 0 radical (unpaired) electrons. The normalized spacial score (nSPS) is 23.4. The Morgan fingerprint density at radius 3 is 2.48 bits per heavy atom. The zero-order chi connectivity index (χ0) is 17.8. The van der Waals surface area contributed by atoms with Crippen LogP contribution in [-0.2, 0) is 16.1 Å². The van der Waals surface area contributed by atoms with Gasteiger partial charge in [-0.25, -0.2) is 9.78 Å². The summed E-state index contributed by atoms with van der Waals surface area (Å²) in [6.07, 6.45) is 5.55. The molecule has 2 unspecified atom stereocenters. The summed E-state index contributed by atoms with van der Waals surface area (Å²) in [5.41, 5.74) is -0.00555. The molecular formula is C17H23N3O4S. The maximum absolute atomic E-state index is 12.7. The summed E-state index contributed by atoms with van der Waals surface area (Å²) in [7, 11) is 0. The van der Waals surface area contributed by atoms with Crippen LogP contribution in [-0.4, -0.2) is 45.9 Å². The Hall–Kier alpha value is -1.96. The minimum absolute atomic E-state index is 0.00555. The molecule has 0 bridgehead atoms. The SMILES string of the molecule is O=C(O)c1csc(CNC(=O)C2CCCCC2C(=O)N2CCCC2)n1. The topological polar surface area (TPSA) is 99.6 Å². The number of aromatic carboxylic acids is 1. The number of nitrogens with one attached hydrogen (secondary N) is 1. The number of carbonyl (C=O) groups is 3. The van der Waals surface area contributed by atoms with E-state index in [2.05, 4.69) is 10.3 Å². The quantitative estimate of drug-likeness (QED) is 0.830. The molecule has 1 saturated carbocycles. The van der Waals surface area contributed by atoms with E-state index in [0.29, 0.717) is 5.01 Å². The lowest BCUT2D eigenvalue weighted by Crippen LogP contribution is -2.44. The highest BCUT2D eigenvalue weighted by Gasteiger charge is 2.38. The van der Waals surface area contributed by atoms with Crippen LogP contribution in [0.15, 0.2) is 5.38 Å². The fraction of sp³-hybridized carbons (Fsp3) is 0.647. The molecule has 2 N–H and O–H groups in total. The van der Waals surface area contributed by atoms with E-state index >= 15 is 0 Å². The first kappa shape index (κ1) is 17.8. The van der Waals surface area contributed by atoms with E-state index in [9.17, 15) is 14.4 Å². The van der Waals surface area contributed by atoms with Gasteiger partial charge in [0.2, 0.25) is 11.8 Å². The van der Waals surface area contributed by atoms with Crippen LogP contribution >= 0.6 is 11.3 Å². The summed E-state index contributed by atoms with van der Waals surface area (Å²) in [5, 5.41) is 13.8. The third kappa shape index (κ3) is 4.18. The molecule has 2 fully saturated rings. The van der Waals surface area contributed by atoms with Crippen LogP contribution in [0.2, 0.25) is 0 Å². The Morgan fingerprint density at radius 2 is 1.84 bits per heavy atom. The lowest BCUT2D eigenvalue weighted by atomic mass is 9.78. The Morgan fingerprint density at radius 1 is 1.16 bits per heavy atom. The molecule has 0 spiro atoms. The summed E-state index contributed by atoms with van der Waals surface area (Å²) in [6, 6.07) is 0. The second kappa shape index (κ2) is 7.95. The van der Waals surface area contributed by atoms with Gasteiger partial charge in [-0.05, 0) is 25.7 Å². The van der Waals surface area contributed by atoms with Crippen molar-refractivity contribution in [2.45, 2.75) is 45.1 Å². The molecule has 2 heterocycles. The lowest BCUT2D eigenvalue weighted by Gasteiger charge is -2.32. The number of carboxylic acids is 1. The van der Waals surface area contributed by atoms with Gasteiger partial charge in [0.15, 0.2) is 5.69 Å². The molecule has 2 aliphatic rings. The number of likely N-dealkylation sites (tertiary alicyclic amines) is 1. The smallest absolute Gasteiger partial charge is 0.355 e. The number of rotatable bonds is 5. The van der Waals surface area contributed by atoms with Gasteiger partial charge in [-0.15, -0.1) is 11.3 Å². The summed E-state index contributed by atoms with van der Waals surface area (Å²) < 4.78 is 0. The second-order valence-electron chi connectivity index (χ2n) is 6.68. The average Bonchev–Trinajstić information content (AvgIpc) is 3.30. The number of carboxylic acid groups (broad SMARTS) is 1. The molecule has 8 heteroatoms. The number of hydrogen-bond acceptors (Lipinski definition) is 5. The largest absolute Gasteiger partial charge is 0.476 e. The summed E-state index contributed by atoms with van der Waals surface area (Å²) in [6.45, 7) is 1.82. The van der Waals surface area contributed by atoms with Crippen molar-refractivity contribution in [2.24, 2.45) is 11.8 Å².